The zero-order valence-electron chi connectivity index (χ0n) is 4.83. The molecule has 0 unspecified atom stereocenters. The van der Waals surface area contributed by atoms with Crippen LogP contribution in [-0.4, -0.2) is 59.4 Å². The van der Waals surface area contributed by atoms with Gasteiger partial charge >= 0.3 is 49.3 Å². The molecule has 5 heteroatoms. The second kappa shape index (κ2) is 34.8. The molecule has 35 valence electrons. The predicted molar refractivity (Wildman–Crippen MR) is 27.1 cm³/mol. The molecule has 1 nitrogen and oxygen atoms in total. The minimum absolute atomic E-state index is 0. The van der Waals surface area contributed by atoms with Crippen LogP contribution >= 0.6 is 0 Å². The maximum Gasteiger partial charge on any atom is 2.00 e. The van der Waals surface area contributed by atoms with Gasteiger partial charge in [0.25, 0.3) is 0 Å². The summed E-state index contributed by atoms with van der Waals surface area (Å²) in [6.07, 6.45) is 0. The zero-order valence-corrected chi connectivity index (χ0v) is 12.1. The first kappa shape index (κ1) is 27.1. The molecule has 0 saturated heterocycles. The van der Waals surface area contributed by atoms with Crippen molar-refractivity contribution < 1.29 is 24.4 Å². The first-order valence-electron chi connectivity index (χ1n) is 0.289. The SMILES string of the molecule is O=[SiH2].[BiH3].[Cu].[H-].[H-].[Mg+2]. The Morgan fingerprint density at radius 1 is 1.40 bits per heavy atom. The van der Waals surface area contributed by atoms with E-state index in [-0.39, 0.29) is 69.2 Å². The predicted octanol–water partition coefficient (Wildman–Crippen LogP) is -2.38. The fourth-order valence-corrected chi connectivity index (χ4v) is 0. The molecule has 0 aliphatic carbocycles. The van der Waals surface area contributed by atoms with Crippen molar-refractivity contribution in [3.05, 3.63) is 0 Å². The molecular weight excluding hydrogens is 341 g/mol. The molecule has 0 aliphatic heterocycles. The quantitative estimate of drug-likeness (QED) is 0.447. The van der Waals surface area contributed by atoms with Crippen molar-refractivity contribution in [3.8, 4) is 0 Å². The summed E-state index contributed by atoms with van der Waals surface area (Å²) in [5, 5.41) is 0. The Morgan fingerprint density at radius 3 is 1.40 bits per heavy atom. The fourth-order valence-electron chi connectivity index (χ4n) is 0. The van der Waals surface area contributed by atoms with E-state index in [2.05, 4.69) is 0 Å². The van der Waals surface area contributed by atoms with Crippen molar-refractivity contribution in [2.75, 3.05) is 0 Å². The molecule has 0 atom stereocenters. The van der Waals surface area contributed by atoms with Crippen LogP contribution in [0.15, 0.2) is 0 Å². The molecule has 0 spiro atoms. The molecule has 0 N–H and O–H groups in total. The van der Waals surface area contributed by atoms with Crippen LogP contribution in [0.2, 0.25) is 0 Å². The molecule has 5 heavy (non-hydrogen) atoms. The van der Waals surface area contributed by atoms with Gasteiger partial charge in [-0.05, 0) is 0 Å². The molecule has 0 aromatic rings. The van der Waals surface area contributed by atoms with Crippen LogP contribution in [0, 0.1) is 0 Å². The average molecular weight is 348 g/mol. The van der Waals surface area contributed by atoms with Crippen molar-refractivity contribution >= 4 is 59.4 Å². The van der Waals surface area contributed by atoms with Crippen LogP contribution in [0.1, 0.15) is 2.85 Å². The summed E-state index contributed by atoms with van der Waals surface area (Å²) in [7, 11) is 0.611. The molecule has 0 amide bonds. The van der Waals surface area contributed by atoms with E-state index in [0.29, 0.717) is 10.1 Å². The van der Waals surface area contributed by atoms with Crippen LogP contribution < -0.4 is 0 Å². The number of rotatable bonds is 0. The topological polar surface area (TPSA) is 17.1 Å². The van der Waals surface area contributed by atoms with Gasteiger partial charge in [0.15, 0.2) is 0 Å². The van der Waals surface area contributed by atoms with Gasteiger partial charge < -0.3 is 7.32 Å². The van der Waals surface area contributed by atoms with Gasteiger partial charge in [0.1, 0.15) is 0 Å². The van der Waals surface area contributed by atoms with Crippen molar-refractivity contribution in [2.24, 2.45) is 0 Å². The Balaban J connectivity index is -0.000000000500. The first-order valence-corrected chi connectivity index (χ1v) is 0.866. The second-order valence-electron chi connectivity index (χ2n) is 0. The van der Waals surface area contributed by atoms with Gasteiger partial charge in [0.05, 0.1) is 0 Å². The zero-order chi connectivity index (χ0) is 2.00. The summed E-state index contributed by atoms with van der Waals surface area (Å²) in [6.45, 7) is 0. The fraction of sp³-hybridized carbons (Fsp3) is 0. The van der Waals surface area contributed by atoms with E-state index in [9.17, 15) is 0 Å². The minimum Gasteiger partial charge on any atom is -1.00 e. The van der Waals surface area contributed by atoms with E-state index in [1.807, 2.05) is 0 Å². The van der Waals surface area contributed by atoms with E-state index < -0.39 is 0 Å². The third-order valence-electron chi connectivity index (χ3n) is 0. The van der Waals surface area contributed by atoms with Crippen molar-refractivity contribution in [1.82, 2.24) is 0 Å². The summed E-state index contributed by atoms with van der Waals surface area (Å²) in [6, 6.07) is 0. The van der Waals surface area contributed by atoms with Gasteiger partial charge in [-0.15, -0.1) is 0 Å². The minimum atomic E-state index is 0. The largest absolute Gasteiger partial charge is 2.00 e. The van der Waals surface area contributed by atoms with Crippen molar-refractivity contribution in [1.29, 1.82) is 0 Å². The summed E-state index contributed by atoms with van der Waals surface area (Å²) >= 11 is 0. The van der Waals surface area contributed by atoms with Gasteiger partial charge in [0, 0.05) is 17.1 Å². The normalized spacial score (nSPS) is 0.800. The molecule has 0 aromatic carbocycles. The molecule has 0 rings (SSSR count). The van der Waals surface area contributed by atoms with Gasteiger partial charge in [-0.1, -0.05) is 0 Å². The molecule has 0 aromatic heterocycles. The van der Waals surface area contributed by atoms with Gasteiger partial charge in [0.2, 0.25) is 10.1 Å². The first-order chi connectivity index (χ1) is 1.00. The average Bonchev–Trinajstić information content (AvgIpc) is 1.00. The van der Waals surface area contributed by atoms with Gasteiger partial charge in [-0.3, -0.25) is 0 Å². The standard InChI is InChI=1S/Bi.Cu.Mg.H2OSi.5H/c;;;1-2;;;;;/h;;;2H2;;;;;/q;;+2;;;;;2*-1. The van der Waals surface area contributed by atoms with Crippen LogP contribution in [0.5, 0.6) is 0 Å². The van der Waals surface area contributed by atoms with Crippen LogP contribution in [0.3, 0.4) is 0 Å². The molecule has 0 heterocycles. The second-order valence-corrected chi connectivity index (χ2v) is 0. The van der Waals surface area contributed by atoms with Crippen molar-refractivity contribution in [2.45, 2.75) is 0 Å². The summed E-state index contributed by atoms with van der Waals surface area (Å²) in [4.78, 5) is 0. The van der Waals surface area contributed by atoms with Crippen LogP contribution in [-0.2, 0) is 21.5 Å². The van der Waals surface area contributed by atoms with Crippen LogP contribution in [0.25, 0.3) is 0 Å². The van der Waals surface area contributed by atoms with Crippen molar-refractivity contribution in [3.63, 3.8) is 0 Å². The Morgan fingerprint density at radius 2 is 1.40 bits per heavy atom. The molecule has 0 saturated carbocycles. The molecule has 0 bridgehead atoms. The molecule has 1 radical (unpaired) electrons. The molecule has 0 fully saturated rings. The Hall–Kier alpha value is 2.19. The Kier molecular flexibility index (Phi) is 189. The summed E-state index contributed by atoms with van der Waals surface area (Å²) < 4.78 is 8.28. The van der Waals surface area contributed by atoms with E-state index in [1.165, 1.54) is 0 Å². The monoisotopic (exact) mass is 347 g/mol. The smallest absolute Gasteiger partial charge is 1.00 e. The maximum absolute atomic E-state index is 8.28. The summed E-state index contributed by atoms with van der Waals surface area (Å²) in [5.74, 6) is 0. The Bertz CT molecular complexity index is 17.7. The van der Waals surface area contributed by atoms with Gasteiger partial charge in [-0.2, -0.15) is 0 Å². The van der Waals surface area contributed by atoms with Crippen LogP contribution in [0.4, 0.5) is 0 Å². The van der Waals surface area contributed by atoms with E-state index in [0.717, 1.165) is 0 Å². The van der Waals surface area contributed by atoms with E-state index in [1.54, 1.807) is 0 Å². The number of hydrogen-bond donors (Lipinski definition) is 0. The summed E-state index contributed by atoms with van der Waals surface area (Å²) in [5.41, 5.74) is 0. The third-order valence-corrected chi connectivity index (χ3v) is 0. The Labute approximate surface area is 82.9 Å². The third kappa shape index (κ3) is 22.7. The maximum atomic E-state index is 8.28. The molecular formula is H7BiCuMgOSi. The molecule has 0 aliphatic rings. The van der Waals surface area contributed by atoms with E-state index >= 15 is 0 Å². The van der Waals surface area contributed by atoms with E-state index in [4.69, 9.17) is 4.46 Å². The number of hydrogen-bond acceptors (Lipinski definition) is 1. The van der Waals surface area contributed by atoms with Gasteiger partial charge in [-0.25, -0.2) is 0 Å².